The molecule has 6 heteroatoms. The van der Waals surface area contributed by atoms with E-state index >= 15 is 0 Å². The van der Waals surface area contributed by atoms with Gasteiger partial charge in [-0.3, -0.25) is 14.5 Å². The second-order valence-electron chi connectivity index (χ2n) is 9.97. The summed E-state index contributed by atoms with van der Waals surface area (Å²) in [5, 5.41) is 6.54. The quantitative estimate of drug-likeness (QED) is 0.362. The maximum absolute atomic E-state index is 13.3. The number of amides is 2. The number of carbonyl (C=O) groups is 2. The van der Waals surface area contributed by atoms with E-state index in [1.165, 1.54) is 37.9 Å². The first-order valence-electron chi connectivity index (χ1n) is 13.7. The molecule has 0 atom stereocenters. The average molecular weight is 509 g/mol. The molecule has 1 saturated heterocycles. The van der Waals surface area contributed by atoms with Crippen molar-refractivity contribution in [1.82, 2.24) is 9.80 Å². The van der Waals surface area contributed by atoms with E-state index < -0.39 is 0 Å². The van der Waals surface area contributed by atoms with Crippen LogP contribution in [0.4, 0.5) is 11.4 Å². The molecule has 3 aromatic carbocycles. The maximum atomic E-state index is 13.3. The van der Waals surface area contributed by atoms with Gasteiger partial charge in [0, 0.05) is 42.1 Å². The van der Waals surface area contributed by atoms with Crippen molar-refractivity contribution in [2.45, 2.75) is 39.7 Å². The molecule has 2 aliphatic heterocycles. The van der Waals surface area contributed by atoms with Gasteiger partial charge in [-0.05, 0) is 75.2 Å². The number of fused-ring (bicyclic) bond motifs is 1. The van der Waals surface area contributed by atoms with Crippen LogP contribution in [0.2, 0.25) is 0 Å². The van der Waals surface area contributed by atoms with E-state index in [1.807, 2.05) is 56.3 Å². The van der Waals surface area contributed by atoms with Gasteiger partial charge in [-0.25, -0.2) is 0 Å². The largest absolute Gasteiger partial charge is 0.354 e. The van der Waals surface area contributed by atoms with Crippen molar-refractivity contribution in [3.63, 3.8) is 0 Å². The van der Waals surface area contributed by atoms with E-state index in [-0.39, 0.29) is 11.8 Å². The van der Waals surface area contributed by atoms with Crippen LogP contribution >= 0.6 is 0 Å². The predicted molar refractivity (Wildman–Crippen MR) is 155 cm³/mol. The maximum Gasteiger partial charge on any atom is 0.258 e. The van der Waals surface area contributed by atoms with Crippen LogP contribution in [-0.2, 0) is 11.3 Å². The lowest BCUT2D eigenvalue weighted by Gasteiger charge is -2.26. The van der Waals surface area contributed by atoms with Crippen LogP contribution in [-0.4, -0.2) is 47.8 Å². The third kappa shape index (κ3) is 5.50. The van der Waals surface area contributed by atoms with E-state index in [2.05, 4.69) is 39.8 Å². The molecular weight excluding hydrogens is 472 g/mol. The highest BCUT2D eigenvalue weighted by molar-refractivity contribution is 6.37. The standard InChI is InChI=1S/C32H36N4O2/c1-3-36(4-2)32(38)25-15-18-27-28(21-25)34-31(37)29(27)30(24-11-7-5-8-12-24)33-26-16-13-23(14-17-26)22-35-19-9-6-10-20-35/h5,7-8,11-18,21,33H,3-4,6,9-10,19-20,22H2,1-2H3,(H,34,37). The van der Waals surface area contributed by atoms with E-state index in [9.17, 15) is 9.59 Å². The van der Waals surface area contributed by atoms with Crippen LogP contribution in [0.15, 0.2) is 72.8 Å². The molecule has 2 aliphatic rings. The fourth-order valence-electron chi connectivity index (χ4n) is 5.34. The third-order valence-corrected chi connectivity index (χ3v) is 7.45. The van der Waals surface area contributed by atoms with Gasteiger partial charge in [-0.15, -0.1) is 0 Å². The summed E-state index contributed by atoms with van der Waals surface area (Å²) in [5.41, 5.74) is 6.49. The zero-order valence-electron chi connectivity index (χ0n) is 22.3. The first kappa shape index (κ1) is 25.7. The molecule has 2 N–H and O–H groups in total. The first-order chi connectivity index (χ1) is 18.6. The molecule has 0 radical (unpaired) electrons. The molecule has 2 amide bonds. The number of nitrogens with zero attached hydrogens (tertiary/aromatic N) is 2. The lowest BCUT2D eigenvalue weighted by Crippen LogP contribution is -2.30. The summed E-state index contributed by atoms with van der Waals surface area (Å²) in [6.45, 7) is 8.52. The molecule has 0 aliphatic carbocycles. The molecule has 0 bridgehead atoms. The van der Waals surface area contributed by atoms with E-state index in [4.69, 9.17) is 0 Å². The Labute approximate surface area is 225 Å². The van der Waals surface area contributed by atoms with Crippen molar-refractivity contribution >= 4 is 34.5 Å². The summed E-state index contributed by atoms with van der Waals surface area (Å²) in [6.07, 6.45) is 3.89. The monoisotopic (exact) mass is 508 g/mol. The van der Waals surface area contributed by atoms with Crippen LogP contribution in [0.25, 0.3) is 11.3 Å². The molecule has 2 heterocycles. The third-order valence-electron chi connectivity index (χ3n) is 7.45. The Balaban J connectivity index is 1.47. The molecule has 5 rings (SSSR count). The second-order valence-corrected chi connectivity index (χ2v) is 9.97. The van der Waals surface area contributed by atoms with E-state index in [0.29, 0.717) is 29.9 Å². The summed E-state index contributed by atoms with van der Waals surface area (Å²) in [7, 11) is 0. The first-order valence-corrected chi connectivity index (χ1v) is 13.7. The van der Waals surface area contributed by atoms with Crippen molar-refractivity contribution in [3.05, 3.63) is 95.1 Å². The summed E-state index contributed by atoms with van der Waals surface area (Å²) in [5.74, 6) is -0.212. The smallest absolute Gasteiger partial charge is 0.258 e. The number of carbonyl (C=O) groups excluding carboxylic acids is 2. The highest BCUT2D eigenvalue weighted by atomic mass is 16.2. The molecular formula is C32H36N4O2. The minimum Gasteiger partial charge on any atom is -0.354 e. The Morgan fingerprint density at radius 2 is 1.61 bits per heavy atom. The Hall–Kier alpha value is -3.90. The summed E-state index contributed by atoms with van der Waals surface area (Å²) < 4.78 is 0. The summed E-state index contributed by atoms with van der Waals surface area (Å²) in [4.78, 5) is 30.5. The van der Waals surface area contributed by atoms with Crippen molar-refractivity contribution in [1.29, 1.82) is 0 Å². The van der Waals surface area contributed by atoms with Crippen LogP contribution in [0, 0.1) is 0 Å². The fraction of sp³-hybridized carbons (Fsp3) is 0.312. The fourth-order valence-corrected chi connectivity index (χ4v) is 5.34. The number of hydrogen-bond acceptors (Lipinski definition) is 4. The highest BCUT2D eigenvalue weighted by Crippen LogP contribution is 2.38. The van der Waals surface area contributed by atoms with Crippen molar-refractivity contribution < 1.29 is 9.59 Å². The molecule has 0 unspecified atom stereocenters. The zero-order chi connectivity index (χ0) is 26.5. The van der Waals surface area contributed by atoms with Crippen LogP contribution in [0.5, 0.6) is 0 Å². The second kappa shape index (κ2) is 11.7. The van der Waals surface area contributed by atoms with Gasteiger partial charge in [0.25, 0.3) is 11.8 Å². The molecule has 38 heavy (non-hydrogen) atoms. The minimum absolute atomic E-state index is 0.0319. The number of likely N-dealkylation sites (tertiary alicyclic amines) is 1. The molecule has 0 saturated carbocycles. The normalized spacial score (nSPS) is 16.5. The van der Waals surface area contributed by atoms with E-state index in [0.717, 1.165) is 29.1 Å². The minimum atomic E-state index is -0.180. The molecule has 1 fully saturated rings. The number of rotatable bonds is 8. The molecule has 3 aromatic rings. The van der Waals surface area contributed by atoms with Gasteiger partial charge in [0.2, 0.25) is 0 Å². The van der Waals surface area contributed by atoms with Crippen molar-refractivity contribution in [3.8, 4) is 0 Å². The number of piperidine rings is 1. The van der Waals surface area contributed by atoms with Gasteiger partial charge in [0.1, 0.15) is 0 Å². The molecule has 0 aromatic heterocycles. The van der Waals surface area contributed by atoms with Gasteiger partial charge < -0.3 is 15.5 Å². The molecule has 0 spiro atoms. The van der Waals surface area contributed by atoms with Gasteiger partial charge >= 0.3 is 0 Å². The zero-order valence-corrected chi connectivity index (χ0v) is 22.3. The van der Waals surface area contributed by atoms with Crippen molar-refractivity contribution in [2.24, 2.45) is 0 Å². The Morgan fingerprint density at radius 3 is 2.29 bits per heavy atom. The van der Waals surface area contributed by atoms with Gasteiger partial charge in [0.05, 0.1) is 11.3 Å². The number of nitrogens with one attached hydrogen (secondary N) is 2. The molecule has 196 valence electrons. The number of anilines is 2. The summed E-state index contributed by atoms with van der Waals surface area (Å²) >= 11 is 0. The number of hydrogen-bond donors (Lipinski definition) is 2. The van der Waals surface area contributed by atoms with Gasteiger partial charge in [-0.2, -0.15) is 0 Å². The predicted octanol–water partition coefficient (Wildman–Crippen LogP) is 6.09. The van der Waals surface area contributed by atoms with Crippen LogP contribution < -0.4 is 10.6 Å². The van der Waals surface area contributed by atoms with Crippen molar-refractivity contribution in [2.75, 3.05) is 36.8 Å². The molecule has 6 nitrogen and oxygen atoms in total. The van der Waals surface area contributed by atoms with Crippen LogP contribution in [0.1, 0.15) is 60.2 Å². The SMILES string of the molecule is CCN(CC)C(=O)c1ccc2c(c1)NC(=O)C2=C(Nc1ccc(CN2CCCCC2)cc1)c1ccccc1. The lowest BCUT2D eigenvalue weighted by atomic mass is 9.98. The Bertz CT molecular complexity index is 1320. The van der Waals surface area contributed by atoms with Gasteiger partial charge in [-0.1, -0.05) is 55.0 Å². The Kier molecular flexibility index (Phi) is 7.89. The highest BCUT2D eigenvalue weighted by Gasteiger charge is 2.29. The Morgan fingerprint density at radius 1 is 0.895 bits per heavy atom. The van der Waals surface area contributed by atoms with E-state index in [1.54, 1.807) is 11.0 Å². The average Bonchev–Trinajstić information content (AvgIpc) is 3.29. The lowest BCUT2D eigenvalue weighted by molar-refractivity contribution is -0.110. The topological polar surface area (TPSA) is 64.7 Å². The van der Waals surface area contributed by atoms with Crippen LogP contribution in [0.3, 0.4) is 0 Å². The number of benzene rings is 3. The van der Waals surface area contributed by atoms with Gasteiger partial charge in [0.15, 0.2) is 0 Å². The summed E-state index contributed by atoms with van der Waals surface area (Å²) in [6, 6.07) is 23.9.